The van der Waals surface area contributed by atoms with Crippen LogP contribution in [-0.4, -0.2) is 53.7 Å². The van der Waals surface area contributed by atoms with Gasteiger partial charge in [0.05, 0.1) is 6.54 Å². The smallest absolute Gasteiger partial charge is 0.246 e. The minimum Gasteiger partial charge on any atom is -0.354 e. The Morgan fingerprint density at radius 3 is 2.66 bits per heavy atom. The molecule has 1 saturated heterocycles. The maximum Gasteiger partial charge on any atom is 0.246 e. The number of likely N-dealkylation sites (tertiary alicyclic amines) is 1. The molecule has 0 saturated carbocycles. The quantitative estimate of drug-likeness (QED) is 0.320. The van der Waals surface area contributed by atoms with Gasteiger partial charge in [-0.2, -0.15) is 4.98 Å². The lowest BCUT2D eigenvalue weighted by molar-refractivity contribution is 0.203. The van der Waals surface area contributed by atoms with Gasteiger partial charge >= 0.3 is 0 Å². The molecule has 0 aliphatic carbocycles. The van der Waals surface area contributed by atoms with Gasteiger partial charge in [-0.05, 0) is 50.1 Å². The molecule has 1 fully saturated rings. The van der Waals surface area contributed by atoms with Crippen LogP contribution in [0.2, 0.25) is 5.02 Å². The summed E-state index contributed by atoms with van der Waals surface area (Å²) in [5.41, 5.74) is 0.872. The van der Waals surface area contributed by atoms with Gasteiger partial charge in [-0.15, -0.1) is 24.0 Å². The molecule has 160 valence electrons. The van der Waals surface area contributed by atoms with E-state index in [1.165, 1.54) is 19.4 Å². The van der Waals surface area contributed by atoms with Crippen molar-refractivity contribution in [2.45, 2.75) is 45.2 Å². The molecule has 2 N–H and O–H groups in total. The average Bonchev–Trinajstić information content (AvgIpc) is 3.20. The van der Waals surface area contributed by atoms with E-state index in [0.717, 1.165) is 37.5 Å². The van der Waals surface area contributed by atoms with Gasteiger partial charge in [0.25, 0.3) is 0 Å². The first kappa shape index (κ1) is 23.9. The lowest BCUT2D eigenvalue weighted by atomic mass is 10.0. The van der Waals surface area contributed by atoms with Gasteiger partial charge in [0, 0.05) is 36.8 Å². The second kappa shape index (κ2) is 12.3. The fraction of sp³-hybridized carbons (Fsp3) is 0.550. The molecule has 0 unspecified atom stereocenters. The third-order valence-corrected chi connectivity index (χ3v) is 5.21. The molecule has 1 aliphatic rings. The monoisotopic (exact) mass is 532 g/mol. The van der Waals surface area contributed by atoms with Gasteiger partial charge in [-0.25, -0.2) is 0 Å². The van der Waals surface area contributed by atoms with Gasteiger partial charge in [-0.1, -0.05) is 30.1 Å². The number of piperidine rings is 1. The van der Waals surface area contributed by atoms with Crippen molar-refractivity contribution in [1.82, 2.24) is 25.7 Å². The summed E-state index contributed by atoms with van der Waals surface area (Å²) in [5, 5.41) is 11.5. The molecule has 2 aromatic rings. The summed E-state index contributed by atoms with van der Waals surface area (Å²) in [6.45, 7) is 6.16. The summed E-state index contributed by atoms with van der Waals surface area (Å²) in [4.78, 5) is 11.3. The molecule has 1 aromatic carbocycles. The Bertz CT molecular complexity index is 759. The van der Waals surface area contributed by atoms with Crippen LogP contribution < -0.4 is 10.6 Å². The van der Waals surface area contributed by atoms with E-state index in [1.807, 2.05) is 24.3 Å². The molecule has 29 heavy (non-hydrogen) atoms. The Hall–Kier alpha value is -1.39. The number of nitrogens with one attached hydrogen (secondary N) is 2. The third-order valence-electron chi connectivity index (χ3n) is 4.96. The zero-order chi connectivity index (χ0) is 19.8. The van der Waals surface area contributed by atoms with Gasteiger partial charge in [-0.3, -0.25) is 4.99 Å². The van der Waals surface area contributed by atoms with E-state index in [0.29, 0.717) is 29.3 Å². The summed E-state index contributed by atoms with van der Waals surface area (Å²) in [6, 6.07) is 7.81. The second-order valence-electron chi connectivity index (χ2n) is 7.06. The normalized spacial score (nSPS) is 15.8. The fourth-order valence-electron chi connectivity index (χ4n) is 3.27. The highest BCUT2D eigenvalue weighted by atomic mass is 127. The second-order valence-corrected chi connectivity index (χ2v) is 7.49. The summed E-state index contributed by atoms with van der Waals surface area (Å²) in [5.74, 6) is 1.83. The first-order valence-electron chi connectivity index (χ1n) is 9.96. The number of aromatic nitrogens is 2. The van der Waals surface area contributed by atoms with Gasteiger partial charge in [0.1, 0.15) is 0 Å². The number of hydrogen-bond donors (Lipinski definition) is 2. The third kappa shape index (κ3) is 7.42. The topological polar surface area (TPSA) is 78.6 Å². The van der Waals surface area contributed by atoms with Crippen LogP contribution in [0, 0.1) is 0 Å². The Kier molecular flexibility index (Phi) is 10.2. The Morgan fingerprint density at radius 2 is 2.00 bits per heavy atom. The summed E-state index contributed by atoms with van der Waals surface area (Å²) in [7, 11) is 1.78. The van der Waals surface area contributed by atoms with Gasteiger partial charge in [0.15, 0.2) is 5.96 Å². The summed E-state index contributed by atoms with van der Waals surface area (Å²) >= 11 is 5.92. The Labute approximate surface area is 194 Å². The molecule has 0 atom stereocenters. The van der Waals surface area contributed by atoms with Crippen molar-refractivity contribution in [2.75, 3.05) is 26.7 Å². The lowest BCUT2D eigenvalue weighted by Crippen LogP contribution is -2.48. The van der Waals surface area contributed by atoms with Crippen LogP contribution >= 0.6 is 35.6 Å². The van der Waals surface area contributed by atoms with Crippen molar-refractivity contribution in [3.05, 3.63) is 35.2 Å². The van der Waals surface area contributed by atoms with Crippen LogP contribution in [0.15, 0.2) is 33.8 Å². The molecule has 1 aromatic heterocycles. The Balaban J connectivity index is 0.00000300. The molecule has 0 amide bonds. The van der Waals surface area contributed by atoms with E-state index >= 15 is 0 Å². The number of guanidine groups is 1. The molecule has 0 spiro atoms. The van der Waals surface area contributed by atoms with E-state index < -0.39 is 0 Å². The van der Waals surface area contributed by atoms with E-state index in [2.05, 4.69) is 37.6 Å². The first-order chi connectivity index (χ1) is 13.7. The highest BCUT2D eigenvalue weighted by Gasteiger charge is 2.19. The number of hydrogen-bond acceptors (Lipinski definition) is 5. The summed E-state index contributed by atoms with van der Waals surface area (Å²) < 4.78 is 5.34. The largest absolute Gasteiger partial charge is 0.354 e. The van der Waals surface area contributed by atoms with Crippen LogP contribution in [0.1, 0.15) is 38.5 Å². The van der Waals surface area contributed by atoms with Crippen molar-refractivity contribution < 1.29 is 4.52 Å². The zero-order valence-corrected chi connectivity index (χ0v) is 20.1. The molecule has 7 nitrogen and oxygen atoms in total. The van der Waals surface area contributed by atoms with Gasteiger partial charge in [0.2, 0.25) is 11.7 Å². The minimum atomic E-state index is 0. The van der Waals surface area contributed by atoms with Crippen molar-refractivity contribution >= 4 is 41.5 Å². The minimum absolute atomic E-state index is 0. The average molecular weight is 533 g/mol. The summed E-state index contributed by atoms with van der Waals surface area (Å²) in [6.07, 6.45) is 4.80. The standard InChI is InChI=1S/C20H29ClN6O.HI/c1-3-4-11-27-12-9-17(10-13-27)24-20(22-2)23-14-18-25-19(26-28-18)15-5-7-16(21)8-6-15;/h5-8,17H,3-4,9-14H2,1-2H3,(H2,22,23,24);1H. The van der Waals surface area contributed by atoms with Crippen LogP contribution in [0.25, 0.3) is 11.4 Å². The van der Waals surface area contributed by atoms with E-state index in [9.17, 15) is 0 Å². The maximum atomic E-state index is 5.92. The number of halogens is 2. The number of rotatable bonds is 7. The van der Waals surface area contributed by atoms with Crippen LogP contribution in [0.3, 0.4) is 0 Å². The van der Waals surface area contributed by atoms with Gasteiger partial charge < -0.3 is 20.1 Å². The molecule has 0 radical (unpaired) electrons. The van der Waals surface area contributed by atoms with Crippen LogP contribution in [0.4, 0.5) is 0 Å². The highest BCUT2D eigenvalue weighted by molar-refractivity contribution is 14.0. The predicted octanol–water partition coefficient (Wildman–Crippen LogP) is 3.94. The number of benzene rings is 1. The van der Waals surface area contributed by atoms with E-state index in [-0.39, 0.29) is 24.0 Å². The Morgan fingerprint density at radius 1 is 1.28 bits per heavy atom. The van der Waals surface area contributed by atoms with E-state index in [1.54, 1.807) is 7.05 Å². The van der Waals surface area contributed by atoms with Crippen LogP contribution in [-0.2, 0) is 6.54 Å². The molecule has 2 heterocycles. The first-order valence-corrected chi connectivity index (χ1v) is 10.3. The van der Waals surface area contributed by atoms with Crippen molar-refractivity contribution in [3.8, 4) is 11.4 Å². The zero-order valence-electron chi connectivity index (χ0n) is 17.0. The molecule has 9 heteroatoms. The van der Waals surface area contributed by atoms with Crippen molar-refractivity contribution in [2.24, 2.45) is 4.99 Å². The SMILES string of the molecule is CCCCN1CCC(NC(=NC)NCc2nc(-c3ccc(Cl)cc3)no2)CC1.I. The van der Waals surface area contributed by atoms with Crippen LogP contribution in [0.5, 0.6) is 0 Å². The molecule has 3 rings (SSSR count). The molecule has 0 bridgehead atoms. The molecular weight excluding hydrogens is 503 g/mol. The number of nitrogens with zero attached hydrogens (tertiary/aromatic N) is 4. The van der Waals surface area contributed by atoms with E-state index in [4.69, 9.17) is 16.1 Å². The van der Waals surface area contributed by atoms with Crippen molar-refractivity contribution in [3.63, 3.8) is 0 Å². The number of unbranched alkanes of at least 4 members (excludes halogenated alkanes) is 1. The highest BCUT2D eigenvalue weighted by Crippen LogP contribution is 2.18. The fourth-order valence-corrected chi connectivity index (χ4v) is 3.40. The predicted molar refractivity (Wildman–Crippen MR) is 128 cm³/mol. The number of aliphatic imine (C=N–C) groups is 1. The molecular formula is C20H30ClIN6O. The van der Waals surface area contributed by atoms with Crippen molar-refractivity contribution in [1.29, 1.82) is 0 Å². The molecule has 1 aliphatic heterocycles. The lowest BCUT2D eigenvalue weighted by Gasteiger charge is -2.32. The maximum absolute atomic E-state index is 5.92.